The van der Waals surface area contributed by atoms with Crippen LogP contribution in [0.2, 0.25) is 0 Å². The maximum Gasteiger partial charge on any atom is 0.269 e. The SMILES string of the molecule is C[C@@H](O)CNc1ccc([N+](=O)[O-])cc1. The molecule has 1 aromatic rings. The van der Waals surface area contributed by atoms with Crippen molar-refractivity contribution in [2.75, 3.05) is 11.9 Å². The van der Waals surface area contributed by atoms with E-state index in [9.17, 15) is 10.1 Å². The van der Waals surface area contributed by atoms with Crippen molar-refractivity contribution in [3.05, 3.63) is 34.4 Å². The van der Waals surface area contributed by atoms with E-state index in [1.807, 2.05) is 0 Å². The average molecular weight is 196 g/mol. The molecule has 1 rings (SSSR count). The number of anilines is 1. The minimum Gasteiger partial charge on any atom is -0.392 e. The summed E-state index contributed by atoms with van der Waals surface area (Å²) >= 11 is 0. The van der Waals surface area contributed by atoms with Crippen LogP contribution >= 0.6 is 0 Å². The summed E-state index contributed by atoms with van der Waals surface area (Å²) in [7, 11) is 0. The molecule has 0 aliphatic carbocycles. The van der Waals surface area contributed by atoms with E-state index in [4.69, 9.17) is 5.11 Å². The fourth-order valence-corrected chi connectivity index (χ4v) is 0.967. The number of benzene rings is 1. The van der Waals surface area contributed by atoms with Crippen LogP contribution in [0.3, 0.4) is 0 Å². The molecule has 0 aromatic heterocycles. The Balaban J connectivity index is 2.60. The van der Waals surface area contributed by atoms with Crippen molar-refractivity contribution >= 4 is 11.4 Å². The van der Waals surface area contributed by atoms with Gasteiger partial charge >= 0.3 is 0 Å². The summed E-state index contributed by atoms with van der Waals surface area (Å²) in [6.45, 7) is 2.09. The van der Waals surface area contributed by atoms with Gasteiger partial charge in [-0.15, -0.1) is 0 Å². The standard InChI is InChI=1S/C9H12N2O3/c1-7(12)6-10-8-2-4-9(5-3-8)11(13)14/h2-5,7,10,12H,6H2,1H3/t7-/m1/s1. The number of nitro benzene ring substituents is 1. The van der Waals surface area contributed by atoms with Gasteiger partial charge in [-0.1, -0.05) is 0 Å². The van der Waals surface area contributed by atoms with Gasteiger partial charge in [0.25, 0.3) is 5.69 Å². The Kier molecular flexibility index (Phi) is 3.41. The van der Waals surface area contributed by atoms with Crippen LogP contribution in [-0.2, 0) is 0 Å². The minimum absolute atomic E-state index is 0.0626. The van der Waals surface area contributed by atoms with E-state index in [0.29, 0.717) is 6.54 Å². The third-order valence-corrected chi connectivity index (χ3v) is 1.68. The maximum atomic E-state index is 10.3. The molecule has 0 spiro atoms. The first-order chi connectivity index (χ1) is 6.59. The Hall–Kier alpha value is -1.62. The molecule has 1 aromatic carbocycles. The maximum absolute atomic E-state index is 10.3. The van der Waals surface area contributed by atoms with Crippen LogP contribution in [-0.4, -0.2) is 22.7 Å². The highest BCUT2D eigenvalue weighted by Gasteiger charge is 2.03. The van der Waals surface area contributed by atoms with E-state index in [-0.39, 0.29) is 5.69 Å². The lowest BCUT2D eigenvalue weighted by Crippen LogP contribution is -2.15. The third-order valence-electron chi connectivity index (χ3n) is 1.68. The Morgan fingerprint density at radius 3 is 2.50 bits per heavy atom. The molecule has 76 valence electrons. The quantitative estimate of drug-likeness (QED) is 0.563. The molecule has 5 heteroatoms. The summed E-state index contributed by atoms with van der Waals surface area (Å²) in [6, 6.07) is 6.07. The van der Waals surface area contributed by atoms with Crippen LogP contribution in [0.1, 0.15) is 6.92 Å². The number of nitrogens with one attached hydrogen (secondary N) is 1. The summed E-state index contributed by atoms with van der Waals surface area (Å²) < 4.78 is 0. The number of nitrogens with zero attached hydrogens (tertiary/aromatic N) is 1. The highest BCUT2D eigenvalue weighted by molar-refractivity contribution is 5.48. The number of rotatable bonds is 4. The molecule has 2 N–H and O–H groups in total. The molecule has 0 fully saturated rings. The van der Waals surface area contributed by atoms with E-state index in [0.717, 1.165) is 5.69 Å². The highest BCUT2D eigenvalue weighted by atomic mass is 16.6. The van der Waals surface area contributed by atoms with Crippen molar-refractivity contribution in [2.24, 2.45) is 0 Å². The third kappa shape index (κ3) is 3.02. The van der Waals surface area contributed by atoms with Gasteiger partial charge in [-0.05, 0) is 19.1 Å². The normalized spacial score (nSPS) is 12.1. The monoisotopic (exact) mass is 196 g/mol. The van der Waals surface area contributed by atoms with Crippen molar-refractivity contribution in [2.45, 2.75) is 13.0 Å². The molecule has 5 nitrogen and oxygen atoms in total. The van der Waals surface area contributed by atoms with Gasteiger partial charge in [0.15, 0.2) is 0 Å². The van der Waals surface area contributed by atoms with Gasteiger partial charge in [0, 0.05) is 24.4 Å². The molecule has 0 unspecified atom stereocenters. The number of aliphatic hydroxyl groups is 1. The van der Waals surface area contributed by atoms with Crippen molar-refractivity contribution in [3.8, 4) is 0 Å². The van der Waals surface area contributed by atoms with E-state index in [1.54, 1.807) is 19.1 Å². The number of nitro groups is 1. The summed E-state index contributed by atoms with van der Waals surface area (Å²) in [5.74, 6) is 0. The highest BCUT2D eigenvalue weighted by Crippen LogP contribution is 2.14. The second-order valence-electron chi connectivity index (χ2n) is 3.03. The van der Waals surface area contributed by atoms with Crippen LogP contribution in [0, 0.1) is 10.1 Å². The molecule has 0 aliphatic heterocycles. The molecular formula is C9H12N2O3. The largest absolute Gasteiger partial charge is 0.392 e. The van der Waals surface area contributed by atoms with Gasteiger partial charge in [-0.3, -0.25) is 10.1 Å². The number of hydrogen-bond donors (Lipinski definition) is 2. The first kappa shape index (κ1) is 10.5. The van der Waals surface area contributed by atoms with Crippen molar-refractivity contribution in [1.82, 2.24) is 0 Å². The fourth-order valence-electron chi connectivity index (χ4n) is 0.967. The molecule has 0 heterocycles. The molecule has 0 radical (unpaired) electrons. The Morgan fingerprint density at radius 2 is 2.07 bits per heavy atom. The van der Waals surface area contributed by atoms with E-state index in [2.05, 4.69) is 5.32 Å². The molecule has 0 amide bonds. The molecular weight excluding hydrogens is 184 g/mol. The van der Waals surface area contributed by atoms with Crippen molar-refractivity contribution in [1.29, 1.82) is 0 Å². The first-order valence-electron chi connectivity index (χ1n) is 4.26. The van der Waals surface area contributed by atoms with Crippen molar-refractivity contribution in [3.63, 3.8) is 0 Å². The Bertz CT molecular complexity index is 308. The molecule has 0 saturated carbocycles. The first-order valence-corrected chi connectivity index (χ1v) is 4.26. The number of aliphatic hydroxyl groups excluding tert-OH is 1. The number of hydrogen-bond acceptors (Lipinski definition) is 4. The lowest BCUT2D eigenvalue weighted by atomic mass is 10.3. The second kappa shape index (κ2) is 4.57. The predicted molar refractivity (Wildman–Crippen MR) is 53.3 cm³/mol. The molecule has 0 saturated heterocycles. The van der Waals surface area contributed by atoms with E-state index < -0.39 is 11.0 Å². The van der Waals surface area contributed by atoms with Gasteiger partial charge in [-0.2, -0.15) is 0 Å². The zero-order valence-corrected chi connectivity index (χ0v) is 7.80. The van der Waals surface area contributed by atoms with Crippen LogP contribution in [0.5, 0.6) is 0 Å². The molecule has 14 heavy (non-hydrogen) atoms. The van der Waals surface area contributed by atoms with Crippen LogP contribution in [0.4, 0.5) is 11.4 Å². The fraction of sp³-hybridized carbons (Fsp3) is 0.333. The second-order valence-corrected chi connectivity index (χ2v) is 3.03. The van der Waals surface area contributed by atoms with Crippen LogP contribution in [0.15, 0.2) is 24.3 Å². The molecule has 1 atom stereocenters. The summed E-state index contributed by atoms with van der Waals surface area (Å²) in [5.41, 5.74) is 0.823. The summed E-state index contributed by atoms with van der Waals surface area (Å²) in [6.07, 6.45) is -0.440. The summed E-state index contributed by atoms with van der Waals surface area (Å²) in [4.78, 5) is 9.88. The lowest BCUT2D eigenvalue weighted by molar-refractivity contribution is -0.384. The molecule has 0 bridgehead atoms. The average Bonchev–Trinajstić information content (AvgIpc) is 2.15. The van der Waals surface area contributed by atoms with Gasteiger partial charge in [0.05, 0.1) is 11.0 Å². The molecule has 0 aliphatic rings. The Labute approximate surface area is 81.5 Å². The Morgan fingerprint density at radius 1 is 1.50 bits per heavy atom. The van der Waals surface area contributed by atoms with Crippen LogP contribution < -0.4 is 5.32 Å². The predicted octanol–water partition coefficient (Wildman–Crippen LogP) is 1.39. The minimum atomic E-state index is -0.446. The van der Waals surface area contributed by atoms with Gasteiger partial charge < -0.3 is 10.4 Å². The van der Waals surface area contributed by atoms with Gasteiger partial charge in [0.2, 0.25) is 0 Å². The topological polar surface area (TPSA) is 75.4 Å². The number of non-ortho nitro benzene ring substituents is 1. The smallest absolute Gasteiger partial charge is 0.269 e. The van der Waals surface area contributed by atoms with E-state index in [1.165, 1.54) is 12.1 Å². The van der Waals surface area contributed by atoms with Gasteiger partial charge in [-0.25, -0.2) is 0 Å². The van der Waals surface area contributed by atoms with E-state index >= 15 is 0 Å². The summed E-state index contributed by atoms with van der Waals surface area (Å²) in [5, 5.41) is 22.2. The van der Waals surface area contributed by atoms with Crippen molar-refractivity contribution < 1.29 is 10.0 Å². The lowest BCUT2D eigenvalue weighted by Gasteiger charge is -2.07. The van der Waals surface area contributed by atoms with Crippen LogP contribution in [0.25, 0.3) is 0 Å². The zero-order valence-electron chi connectivity index (χ0n) is 7.80. The van der Waals surface area contributed by atoms with Gasteiger partial charge in [0.1, 0.15) is 0 Å². The zero-order chi connectivity index (χ0) is 10.6.